The van der Waals surface area contributed by atoms with E-state index in [-0.39, 0.29) is 37.1 Å². The van der Waals surface area contributed by atoms with E-state index in [4.69, 9.17) is 9.47 Å². The van der Waals surface area contributed by atoms with Gasteiger partial charge in [0.25, 0.3) is 0 Å². The Hall–Kier alpha value is -6.36. The van der Waals surface area contributed by atoms with Gasteiger partial charge in [-0.05, 0) is 97.4 Å². The van der Waals surface area contributed by atoms with Crippen molar-refractivity contribution in [3.05, 3.63) is 143 Å². The summed E-state index contributed by atoms with van der Waals surface area (Å²) in [5, 5.41) is 6.94. The van der Waals surface area contributed by atoms with E-state index in [2.05, 4.69) is 71.9 Å². The third kappa shape index (κ3) is 10.5. The summed E-state index contributed by atoms with van der Waals surface area (Å²) >= 11 is 0. The summed E-state index contributed by atoms with van der Waals surface area (Å²) in [4.78, 5) is 62.5. The molecule has 11 nitrogen and oxygen atoms in total. The normalized spacial score (nSPS) is 20.5. The molecule has 0 bridgehead atoms. The van der Waals surface area contributed by atoms with Crippen LogP contribution in [0.15, 0.2) is 109 Å². The molecule has 1 aromatic heterocycles. The quantitative estimate of drug-likeness (QED) is 0.108. The number of nitrogens with one attached hydrogen (secondary N) is 3. The smallest absolute Gasteiger partial charge is 0.408 e. The number of nitrogens with zero attached hydrogens (tertiary/aromatic N) is 2. The van der Waals surface area contributed by atoms with Crippen molar-refractivity contribution in [2.24, 2.45) is 0 Å². The van der Waals surface area contributed by atoms with Crippen LogP contribution in [-0.2, 0) is 45.1 Å². The second-order valence-electron chi connectivity index (χ2n) is 17.7. The Bertz CT molecular complexity index is 2450. The number of hydrogen-bond acceptors (Lipinski definition) is 6. The lowest BCUT2D eigenvalue weighted by atomic mass is 9.95. The number of hydrogen-bond donors (Lipinski definition) is 3. The predicted octanol–water partition coefficient (Wildman–Crippen LogP) is 9.74. The van der Waals surface area contributed by atoms with Crippen molar-refractivity contribution in [1.29, 1.82) is 0 Å². The Morgan fingerprint density at radius 2 is 1.12 bits per heavy atom. The van der Waals surface area contributed by atoms with E-state index in [0.29, 0.717) is 38.8 Å². The number of benzene rings is 4. The van der Waals surface area contributed by atoms with Crippen LogP contribution in [0, 0.1) is 0 Å². The van der Waals surface area contributed by atoms with Gasteiger partial charge in [0.15, 0.2) is 0 Å². The number of carbonyl (C=O) groups excluding carboxylic acids is 4. The summed E-state index contributed by atoms with van der Waals surface area (Å²) < 4.78 is 11.1. The van der Waals surface area contributed by atoms with Gasteiger partial charge in [-0.15, -0.1) is 0 Å². The molecule has 3 N–H and O–H groups in total. The zero-order valence-electron chi connectivity index (χ0n) is 37.2. The standard InChI is InChI=1S/C53H61N5O6/c1-36-17-9-14-27-47(55-52(61)63-34-38-19-5-3-6-20-38)50(59)57(36)31-29-42-41-24-12-11-23-40(41)33-45(42)49-44(43-25-13-16-26-46(43)54-49)30-32-58-37(2)18-10-15-28-48(51(58)60)56-53(62)64-35-39-21-7-4-8-22-39/h3-8,11-13,16,19-26,36-37,47-48,54H,9-10,14-15,17-18,27-35H2,1-2H3,(H,55,61)(H,56,62)/t36-,37-,47+,48+/m1/s1. The lowest BCUT2D eigenvalue weighted by molar-refractivity contribution is -0.137. The van der Waals surface area contributed by atoms with Crippen molar-refractivity contribution >= 4 is 46.0 Å². The molecule has 3 aliphatic rings. The van der Waals surface area contributed by atoms with Crippen LogP contribution < -0.4 is 10.6 Å². The molecule has 4 atom stereocenters. The molecular formula is C53H61N5O6. The molecule has 2 saturated heterocycles. The van der Waals surface area contributed by atoms with Gasteiger partial charge in [0.2, 0.25) is 11.8 Å². The van der Waals surface area contributed by atoms with Crippen LogP contribution in [0.1, 0.15) is 105 Å². The number of rotatable bonds is 13. The fourth-order valence-corrected chi connectivity index (χ4v) is 9.85. The SMILES string of the molecule is C[C@@H]1CCCC[C@H](NC(=O)OCc2ccccc2)C(=O)N1CCC1=C(c2[nH]c3ccccc3c2CCN2C(=O)[C@@H](NC(=O)OCc3ccccc3)CCCC[C@H]2C)Cc2ccccc21. The number of aromatic amines is 1. The average Bonchev–Trinajstić information content (AvgIpc) is 3.87. The first-order valence-electron chi connectivity index (χ1n) is 23.2. The minimum absolute atomic E-state index is 0.00186. The van der Waals surface area contributed by atoms with Crippen LogP contribution >= 0.6 is 0 Å². The van der Waals surface area contributed by atoms with Gasteiger partial charge < -0.3 is 34.9 Å². The molecule has 8 rings (SSSR count). The van der Waals surface area contributed by atoms with E-state index >= 15 is 0 Å². The summed E-state index contributed by atoms with van der Waals surface area (Å²) in [5.74, 6) is -0.157. The maximum absolute atomic E-state index is 14.4. The minimum atomic E-state index is -0.671. The van der Waals surface area contributed by atoms with Gasteiger partial charge in [0.05, 0.1) is 0 Å². The lowest BCUT2D eigenvalue weighted by Crippen LogP contribution is -2.52. The number of alkyl carbamates (subject to hydrolysis) is 2. The monoisotopic (exact) mass is 863 g/mol. The average molecular weight is 864 g/mol. The van der Waals surface area contributed by atoms with Gasteiger partial charge in [0.1, 0.15) is 25.3 Å². The molecule has 11 heteroatoms. The zero-order valence-corrected chi connectivity index (χ0v) is 37.2. The van der Waals surface area contributed by atoms with Crippen molar-refractivity contribution < 1.29 is 28.7 Å². The molecular weight excluding hydrogens is 803 g/mol. The molecule has 0 spiro atoms. The Balaban J connectivity index is 1.02. The highest BCUT2D eigenvalue weighted by Crippen LogP contribution is 2.43. The van der Waals surface area contributed by atoms with E-state index in [0.717, 1.165) is 78.2 Å². The van der Waals surface area contributed by atoms with E-state index in [9.17, 15) is 19.2 Å². The molecule has 334 valence electrons. The second kappa shape index (κ2) is 20.9. The van der Waals surface area contributed by atoms with Crippen molar-refractivity contribution in [2.45, 2.75) is 122 Å². The number of ether oxygens (including phenoxy) is 2. The molecule has 5 aromatic rings. The Morgan fingerprint density at radius 3 is 1.72 bits per heavy atom. The van der Waals surface area contributed by atoms with Gasteiger partial charge in [-0.2, -0.15) is 0 Å². The molecule has 1 aliphatic carbocycles. The van der Waals surface area contributed by atoms with Crippen molar-refractivity contribution in [1.82, 2.24) is 25.4 Å². The number of para-hydroxylation sites is 1. The fourth-order valence-electron chi connectivity index (χ4n) is 9.85. The van der Waals surface area contributed by atoms with Crippen LogP contribution in [0.4, 0.5) is 9.59 Å². The number of amides is 4. The number of carbonyl (C=O) groups is 4. The van der Waals surface area contributed by atoms with Crippen molar-refractivity contribution in [2.75, 3.05) is 13.1 Å². The highest BCUT2D eigenvalue weighted by Gasteiger charge is 2.34. The molecule has 2 fully saturated rings. The van der Waals surface area contributed by atoms with Gasteiger partial charge in [-0.25, -0.2) is 9.59 Å². The van der Waals surface area contributed by atoms with E-state index < -0.39 is 24.3 Å². The summed E-state index contributed by atoms with van der Waals surface area (Å²) in [6, 6.07) is 34.6. The number of fused-ring (bicyclic) bond motifs is 2. The van der Waals surface area contributed by atoms with Gasteiger partial charge in [-0.3, -0.25) is 9.59 Å². The molecule has 0 unspecified atom stereocenters. The first-order valence-corrected chi connectivity index (χ1v) is 23.2. The Kier molecular flexibility index (Phi) is 14.4. The zero-order chi connectivity index (χ0) is 44.4. The van der Waals surface area contributed by atoms with E-state index in [1.165, 1.54) is 22.3 Å². The molecule has 64 heavy (non-hydrogen) atoms. The minimum Gasteiger partial charge on any atom is -0.445 e. The highest BCUT2D eigenvalue weighted by atomic mass is 16.6. The third-order valence-corrected chi connectivity index (χ3v) is 13.4. The highest BCUT2D eigenvalue weighted by molar-refractivity contribution is 6.01. The van der Waals surface area contributed by atoms with Gasteiger partial charge >= 0.3 is 12.2 Å². The Morgan fingerprint density at radius 1 is 0.625 bits per heavy atom. The summed E-state index contributed by atoms with van der Waals surface area (Å²) in [6.45, 7) is 5.49. The van der Waals surface area contributed by atoms with Crippen molar-refractivity contribution in [3.8, 4) is 0 Å². The maximum atomic E-state index is 14.4. The summed E-state index contributed by atoms with van der Waals surface area (Å²) in [5.41, 5.74) is 9.85. The first kappa shape index (κ1) is 44.3. The molecule has 3 heterocycles. The third-order valence-electron chi connectivity index (χ3n) is 13.4. The van der Waals surface area contributed by atoms with E-state index in [1.807, 2.05) is 76.5 Å². The molecule has 4 amide bonds. The van der Waals surface area contributed by atoms with Crippen LogP contribution in [0.25, 0.3) is 22.0 Å². The maximum Gasteiger partial charge on any atom is 0.408 e. The van der Waals surface area contributed by atoms with Crippen molar-refractivity contribution in [3.63, 3.8) is 0 Å². The number of allylic oxidation sites excluding steroid dienone is 1. The topological polar surface area (TPSA) is 133 Å². The lowest BCUT2D eigenvalue weighted by Gasteiger charge is -2.35. The van der Waals surface area contributed by atoms with Crippen LogP contribution in [0.5, 0.6) is 0 Å². The summed E-state index contributed by atoms with van der Waals surface area (Å²) in [7, 11) is 0. The molecule has 2 aliphatic heterocycles. The molecule has 4 aromatic carbocycles. The van der Waals surface area contributed by atoms with E-state index in [1.54, 1.807) is 0 Å². The Labute approximate surface area is 376 Å². The van der Waals surface area contributed by atoms with Crippen LogP contribution in [0.3, 0.4) is 0 Å². The molecule has 0 radical (unpaired) electrons. The number of aromatic nitrogens is 1. The second-order valence-corrected chi connectivity index (χ2v) is 17.7. The molecule has 0 saturated carbocycles. The van der Waals surface area contributed by atoms with Crippen LogP contribution in [0.2, 0.25) is 0 Å². The first-order chi connectivity index (χ1) is 31.2. The number of H-pyrrole nitrogens is 1. The fraction of sp³-hybridized carbons (Fsp3) is 0.396. The predicted molar refractivity (Wildman–Crippen MR) is 250 cm³/mol. The summed E-state index contributed by atoms with van der Waals surface area (Å²) in [6.07, 6.45) is 7.33. The van der Waals surface area contributed by atoms with Gasteiger partial charge in [-0.1, -0.05) is 129 Å². The largest absolute Gasteiger partial charge is 0.445 e. The van der Waals surface area contributed by atoms with Crippen LogP contribution in [-0.4, -0.2) is 76.0 Å². The van der Waals surface area contributed by atoms with Gasteiger partial charge in [0, 0.05) is 48.2 Å². The number of likely N-dealkylation sites (tertiary alicyclic amines) is 2.